The van der Waals surface area contributed by atoms with Crippen molar-refractivity contribution in [2.75, 3.05) is 0 Å². The predicted octanol–water partition coefficient (Wildman–Crippen LogP) is 5.49. The lowest BCUT2D eigenvalue weighted by Crippen LogP contribution is -2.51. The van der Waals surface area contributed by atoms with Crippen LogP contribution in [0.5, 0.6) is 0 Å². The highest BCUT2D eigenvalue weighted by Gasteiger charge is 2.32. The van der Waals surface area contributed by atoms with E-state index >= 15 is 0 Å². The Morgan fingerprint density at radius 1 is 1.00 bits per heavy atom. The lowest BCUT2D eigenvalue weighted by molar-refractivity contribution is -0.124. The molecule has 0 spiro atoms. The van der Waals surface area contributed by atoms with Gasteiger partial charge in [-0.15, -0.1) is 11.8 Å². The number of amides is 1. The molecule has 2 aromatic carbocycles. The van der Waals surface area contributed by atoms with Gasteiger partial charge in [0.05, 0.1) is 4.75 Å². The molecule has 2 rings (SSSR count). The number of benzene rings is 2. The van der Waals surface area contributed by atoms with Gasteiger partial charge in [-0.1, -0.05) is 60.1 Å². The van der Waals surface area contributed by atoms with E-state index < -0.39 is 4.75 Å². The normalized spacial score (nSPS) is 12.0. The van der Waals surface area contributed by atoms with Crippen LogP contribution in [-0.2, 0) is 17.0 Å². The lowest BCUT2D eigenvalue weighted by atomic mass is 9.94. The van der Waals surface area contributed by atoms with E-state index in [4.69, 9.17) is 11.6 Å². The molecular formula is C21H26ClNOS. The highest BCUT2D eigenvalue weighted by Crippen LogP contribution is 2.31. The van der Waals surface area contributed by atoms with Crippen molar-refractivity contribution < 1.29 is 4.79 Å². The SMILES string of the molecule is CC(C)(Cc1ccccc1)NC(=O)C(C)(C)SCc1ccccc1Cl. The fourth-order valence-corrected chi connectivity index (χ4v) is 3.78. The second kappa shape index (κ2) is 8.29. The van der Waals surface area contributed by atoms with Crippen LogP contribution in [0, 0.1) is 0 Å². The first-order valence-electron chi connectivity index (χ1n) is 8.43. The molecule has 0 atom stereocenters. The predicted molar refractivity (Wildman–Crippen MR) is 109 cm³/mol. The van der Waals surface area contributed by atoms with Gasteiger partial charge in [0.2, 0.25) is 5.91 Å². The summed E-state index contributed by atoms with van der Waals surface area (Å²) < 4.78 is -0.535. The van der Waals surface area contributed by atoms with Crippen LogP contribution in [0.1, 0.15) is 38.8 Å². The molecule has 1 amide bonds. The molecule has 0 radical (unpaired) electrons. The summed E-state index contributed by atoms with van der Waals surface area (Å²) in [5.74, 6) is 0.754. The molecule has 0 aromatic heterocycles. The van der Waals surface area contributed by atoms with Crippen LogP contribution >= 0.6 is 23.4 Å². The summed E-state index contributed by atoms with van der Waals surface area (Å²) in [7, 11) is 0. The van der Waals surface area contributed by atoms with Crippen molar-refractivity contribution in [1.29, 1.82) is 0 Å². The number of thioether (sulfide) groups is 1. The van der Waals surface area contributed by atoms with E-state index in [9.17, 15) is 4.79 Å². The Hall–Kier alpha value is -1.45. The average Bonchev–Trinajstić information content (AvgIpc) is 2.54. The fraction of sp³-hybridized carbons (Fsp3) is 0.381. The maximum atomic E-state index is 12.8. The summed E-state index contributed by atoms with van der Waals surface area (Å²) in [5.41, 5.74) is 1.97. The summed E-state index contributed by atoms with van der Waals surface area (Å²) in [5, 5.41) is 3.95. The molecule has 4 heteroatoms. The van der Waals surface area contributed by atoms with Crippen molar-refractivity contribution in [1.82, 2.24) is 5.32 Å². The Morgan fingerprint density at radius 2 is 1.60 bits per heavy atom. The first kappa shape index (κ1) is 19.9. The van der Waals surface area contributed by atoms with Crippen molar-refractivity contribution in [3.8, 4) is 0 Å². The first-order valence-corrected chi connectivity index (χ1v) is 9.80. The molecule has 0 bridgehead atoms. The van der Waals surface area contributed by atoms with Gasteiger partial charge in [0.25, 0.3) is 0 Å². The number of nitrogens with one attached hydrogen (secondary N) is 1. The van der Waals surface area contributed by atoms with Crippen molar-refractivity contribution in [2.45, 2.75) is 50.2 Å². The van der Waals surface area contributed by atoms with Gasteiger partial charge >= 0.3 is 0 Å². The highest BCUT2D eigenvalue weighted by atomic mass is 35.5. The van der Waals surface area contributed by atoms with E-state index in [-0.39, 0.29) is 11.4 Å². The summed E-state index contributed by atoms with van der Waals surface area (Å²) in [6.45, 7) is 8.05. The molecule has 0 saturated carbocycles. The van der Waals surface area contributed by atoms with Gasteiger partial charge in [-0.25, -0.2) is 0 Å². The lowest BCUT2D eigenvalue weighted by Gasteiger charge is -2.32. The van der Waals surface area contributed by atoms with Crippen LogP contribution in [0.4, 0.5) is 0 Å². The molecule has 25 heavy (non-hydrogen) atoms. The molecule has 134 valence electrons. The number of carbonyl (C=O) groups is 1. The van der Waals surface area contributed by atoms with E-state index in [1.54, 1.807) is 11.8 Å². The topological polar surface area (TPSA) is 29.1 Å². The fourth-order valence-electron chi connectivity index (χ4n) is 2.55. The second-order valence-electron chi connectivity index (χ2n) is 7.39. The molecule has 2 nitrogen and oxygen atoms in total. The molecule has 1 N–H and O–H groups in total. The molecule has 2 aromatic rings. The van der Waals surface area contributed by atoms with Gasteiger partial charge in [-0.05, 0) is 51.3 Å². The second-order valence-corrected chi connectivity index (χ2v) is 9.40. The zero-order valence-electron chi connectivity index (χ0n) is 15.3. The number of hydrogen-bond donors (Lipinski definition) is 1. The third-order valence-electron chi connectivity index (χ3n) is 4.03. The third-order valence-corrected chi connectivity index (χ3v) is 5.77. The minimum absolute atomic E-state index is 0.0467. The zero-order chi connectivity index (χ0) is 18.5. The average molecular weight is 376 g/mol. The monoisotopic (exact) mass is 375 g/mol. The van der Waals surface area contributed by atoms with Gasteiger partial charge in [0, 0.05) is 16.3 Å². The Balaban J connectivity index is 1.96. The molecule has 0 aliphatic carbocycles. The smallest absolute Gasteiger partial charge is 0.236 e. The maximum Gasteiger partial charge on any atom is 0.236 e. The van der Waals surface area contributed by atoms with E-state index in [0.717, 1.165) is 17.0 Å². The van der Waals surface area contributed by atoms with E-state index in [0.29, 0.717) is 5.75 Å². The molecule has 0 aliphatic rings. The van der Waals surface area contributed by atoms with Crippen LogP contribution in [0.3, 0.4) is 0 Å². The maximum absolute atomic E-state index is 12.8. The number of hydrogen-bond acceptors (Lipinski definition) is 2. The van der Waals surface area contributed by atoms with Crippen LogP contribution in [-0.4, -0.2) is 16.2 Å². The quantitative estimate of drug-likeness (QED) is 0.693. The summed E-state index contributed by atoms with van der Waals surface area (Å²) in [4.78, 5) is 12.8. The van der Waals surface area contributed by atoms with E-state index in [2.05, 4.69) is 31.3 Å². The van der Waals surface area contributed by atoms with Crippen molar-refractivity contribution in [3.63, 3.8) is 0 Å². The van der Waals surface area contributed by atoms with E-state index in [1.165, 1.54) is 5.56 Å². The first-order chi connectivity index (χ1) is 11.7. The minimum Gasteiger partial charge on any atom is -0.350 e. The van der Waals surface area contributed by atoms with Gasteiger partial charge in [0.15, 0.2) is 0 Å². The number of carbonyl (C=O) groups excluding carboxylic acids is 1. The molecule has 0 aliphatic heterocycles. The molecular weight excluding hydrogens is 350 g/mol. The van der Waals surface area contributed by atoms with Crippen LogP contribution in [0.15, 0.2) is 54.6 Å². The molecule has 0 unspecified atom stereocenters. The van der Waals surface area contributed by atoms with Gasteiger partial charge in [0.1, 0.15) is 0 Å². The van der Waals surface area contributed by atoms with Crippen LogP contribution in [0.2, 0.25) is 5.02 Å². The highest BCUT2D eigenvalue weighted by molar-refractivity contribution is 8.00. The van der Waals surface area contributed by atoms with Crippen LogP contribution < -0.4 is 5.32 Å². The number of rotatable bonds is 7. The Bertz CT molecular complexity index is 713. The number of halogens is 1. The van der Waals surface area contributed by atoms with Crippen molar-refractivity contribution >= 4 is 29.3 Å². The van der Waals surface area contributed by atoms with Crippen molar-refractivity contribution in [3.05, 3.63) is 70.7 Å². The Kier molecular flexibility index (Phi) is 6.59. The van der Waals surface area contributed by atoms with Crippen LogP contribution in [0.25, 0.3) is 0 Å². The van der Waals surface area contributed by atoms with Gasteiger partial charge < -0.3 is 5.32 Å². The summed E-state index contributed by atoms with van der Waals surface area (Å²) in [6, 6.07) is 18.0. The van der Waals surface area contributed by atoms with Crippen molar-refractivity contribution in [2.24, 2.45) is 0 Å². The molecule has 0 fully saturated rings. The Morgan fingerprint density at radius 3 is 2.24 bits per heavy atom. The standard InChI is InChI=1S/C21H26ClNOS/c1-20(2,14-16-10-6-5-7-11-16)23-19(24)21(3,4)25-15-17-12-8-9-13-18(17)22/h5-13H,14-15H2,1-4H3,(H,23,24). The Labute approximate surface area is 160 Å². The molecule has 0 heterocycles. The zero-order valence-corrected chi connectivity index (χ0v) is 16.9. The summed E-state index contributed by atoms with van der Waals surface area (Å²) in [6.07, 6.45) is 0.796. The van der Waals surface area contributed by atoms with Gasteiger partial charge in [-0.3, -0.25) is 4.79 Å². The van der Waals surface area contributed by atoms with Gasteiger partial charge in [-0.2, -0.15) is 0 Å². The molecule has 0 saturated heterocycles. The largest absolute Gasteiger partial charge is 0.350 e. The summed E-state index contributed by atoms with van der Waals surface area (Å²) >= 11 is 7.82. The third kappa shape index (κ3) is 6.09. The minimum atomic E-state index is -0.535. The van der Waals surface area contributed by atoms with E-state index in [1.807, 2.05) is 56.3 Å².